The van der Waals surface area contributed by atoms with Gasteiger partial charge < -0.3 is 15.1 Å². The molecule has 0 saturated carbocycles. The zero-order chi connectivity index (χ0) is 11.8. The predicted octanol–water partition coefficient (Wildman–Crippen LogP) is -0.101. The molecular weight excluding hydrogens is 200 g/mol. The number of nitrogens with one attached hydrogen (secondary N) is 1. The normalized spacial score (nSPS) is 18.9. The molecule has 0 aromatic carbocycles. The van der Waals surface area contributed by atoms with E-state index in [0.29, 0.717) is 0 Å². The van der Waals surface area contributed by atoms with Crippen LogP contribution >= 0.6 is 0 Å². The Morgan fingerprint density at radius 1 is 1.25 bits per heavy atom. The summed E-state index contributed by atoms with van der Waals surface area (Å²) in [4.78, 5) is 7.32. The summed E-state index contributed by atoms with van der Waals surface area (Å²) >= 11 is 0. The molecule has 0 radical (unpaired) electrons. The van der Waals surface area contributed by atoms with Gasteiger partial charge in [-0.25, -0.2) is 0 Å². The van der Waals surface area contributed by atoms with Crippen molar-refractivity contribution in [1.82, 2.24) is 20.0 Å². The monoisotopic (exact) mass is 226 g/mol. The van der Waals surface area contributed by atoms with Crippen molar-refractivity contribution in [3.8, 4) is 0 Å². The number of rotatable bonds is 7. The molecule has 1 rings (SSSR count). The molecule has 94 valence electrons. The Morgan fingerprint density at radius 3 is 2.56 bits per heavy atom. The van der Waals surface area contributed by atoms with E-state index in [4.69, 9.17) is 0 Å². The molecule has 0 spiro atoms. The van der Waals surface area contributed by atoms with Crippen LogP contribution in [0.1, 0.15) is 0 Å². The molecular formula is C12H26N4. The Kier molecular flexibility index (Phi) is 6.45. The standard InChI is InChI=1S/C12H26N4/c1-4-13-5-6-14(2)7-10-16-11-8-15(3)9-12-16/h4,13H,1,5-12H2,2-3H3. The zero-order valence-corrected chi connectivity index (χ0v) is 10.8. The van der Waals surface area contributed by atoms with E-state index in [1.165, 1.54) is 32.7 Å². The SMILES string of the molecule is C=CNCCN(C)CCN1CCN(C)CC1. The molecule has 1 aliphatic heterocycles. The molecule has 4 heteroatoms. The fourth-order valence-electron chi connectivity index (χ4n) is 1.85. The molecule has 0 aromatic rings. The third kappa shape index (κ3) is 5.49. The van der Waals surface area contributed by atoms with Crippen molar-refractivity contribution in [2.24, 2.45) is 0 Å². The van der Waals surface area contributed by atoms with E-state index in [0.717, 1.165) is 19.6 Å². The van der Waals surface area contributed by atoms with Gasteiger partial charge >= 0.3 is 0 Å². The van der Waals surface area contributed by atoms with Gasteiger partial charge in [-0.3, -0.25) is 4.90 Å². The number of likely N-dealkylation sites (N-methyl/N-ethyl adjacent to an activating group) is 2. The highest BCUT2D eigenvalue weighted by atomic mass is 15.3. The Morgan fingerprint density at radius 2 is 1.94 bits per heavy atom. The Labute approximate surface area is 99.9 Å². The van der Waals surface area contributed by atoms with Gasteiger partial charge in [0.1, 0.15) is 0 Å². The first kappa shape index (κ1) is 13.5. The summed E-state index contributed by atoms with van der Waals surface area (Å²) in [6.07, 6.45) is 1.76. The summed E-state index contributed by atoms with van der Waals surface area (Å²) in [6.45, 7) is 12.9. The molecule has 4 nitrogen and oxygen atoms in total. The third-order valence-corrected chi connectivity index (χ3v) is 3.18. The first-order chi connectivity index (χ1) is 7.72. The maximum Gasteiger partial charge on any atom is 0.0269 e. The molecule has 1 saturated heterocycles. The van der Waals surface area contributed by atoms with Gasteiger partial charge in [0.05, 0.1) is 0 Å². The summed E-state index contributed by atoms with van der Waals surface area (Å²) in [5.74, 6) is 0. The summed E-state index contributed by atoms with van der Waals surface area (Å²) < 4.78 is 0. The molecule has 0 atom stereocenters. The third-order valence-electron chi connectivity index (χ3n) is 3.18. The fraction of sp³-hybridized carbons (Fsp3) is 0.833. The topological polar surface area (TPSA) is 21.8 Å². The summed E-state index contributed by atoms with van der Waals surface area (Å²) in [5.41, 5.74) is 0. The second kappa shape index (κ2) is 7.65. The van der Waals surface area contributed by atoms with Crippen molar-refractivity contribution in [2.75, 3.05) is 66.5 Å². The number of hydrogen-bond donors (Lipinski definition) is 1. The number of nitrogens with zero attached hydrogens (tertiary/aromatic N) is 3. The zero-order valence-electron chi connectivity index (χ0n) is 10.8. The van der Waals surface area contributed by atoms with Crippen LogP contribution in [0.4, 0.5) is 0 Å². The molecule has 16 heavy (non-hydrogen) atoms. The molecule has 0 unspecified atom stereocenters. The summed E-state index contributed by atoms with van der Waals surface area (Å²) in [6, 6.07) is 0. The van der Waals surface area contributed by atoms with Crippen LogP contribution in [0, 0.1) is 0 Å². The minimum atomic E-state index is 0.989. The van der Waals surface area contributed by atoms with Gasteiger partial charge in [-0.1, -0.05) is 6.58 Å². The highest BCUT2D eigenvalue weighted by Crippen LogP contribution is 1.98. The Balaban J connectivity index is 2.02. The van der Waals surface area contributed by atoms with E-state index in [1.807, 2.05) is 0 Å². The van der Waals surface area contributed by atoms with Gasteiger partial charge in [0.25, 0.3) is 0 Å². The number of hydrogen-bond acceptors (Lipinski definition) is 4. The van der Waals surface area contributed by atoms with E-state index < -0.39 is 0 Å². The molecule has 0 amide bonds. The molecule has 0 aromatic heterocycles. The van der Waals surface area contributed by atoms with Crippen LogP contribution in [-0.4, -0.2) is 81.2 Å². The first-order valence-corrected chi connectivity index (χ1v) is 6.16. The van der Waals surface area contributed by atoms with Crippen LogP contribution in [0.5, 0.6) is 0 Å². The van der Waals surface area contributed by atoms with Crippen molar-refractivity contribution in [2.45, 2.75) is 0 Å². The molecule has 0 aliphatic carbocycles. The van der Waals surface area contributed by atoms with Crippen LogP contribution in [0.25, 0.3) is 0 Å². The van der Waals surface area contributed by atoms with E-state index >= 15 is 0 Å². The average Bonchev–Trinajstić information content (AvgIpc) is 2.29. The largest absolute Gasteiger partial charge is 0.390 e. The molecule has 1 fully saturated rings. The van der Waals surface area contributed by atoms with Gasteiger partial charge in [-0.05, 0) is 20.3 Å². The molecule has 1 N–H and O–H groups in total. The first-order valence-electron chi connectivity index (χ1n) is 6.16. The lowest BCUT2D eigenvalue weighted by Gasteiger charge is -2.33. The lowest BCUT2D eigenvalue weighted by atomic mass is 10.3. The van der Waals surface area contributed by atoms with E-state index in [-0.39, 0.29) is 0 Å². The van der Waals surface area contributed by atoms with Gasteiger partial charge in [0.15, 0.2) is 0 Å². The minimum Gasteiger partial charge on any atom is -0.390 e. The van der Waals surface area contributed by atoms with Crippen LogP contribution in [0.3, 0.4) is 0 Å². The Bertz CT molecular complexity index is 187. The number of piperazine rings is 1. The van der Waals surface area contributed by atoms with Crippen LogP contribution < -0.4 is 5.32 Å². The second-order valence-electron chi connectivity index (χ2n) is 4.61. The lowest BCUT2D eigenvalue weighted by molar-refractivity contribution is 0.141. The maximum absolute atomic E-state index is 3.64. The van der Waals surface area contributed by atoms with Crippen molar-refractivity contribution >= 4 is 0 Å². The molecule has 0 bridgehead atoms. The predicted molar refractivity (Wildman–Crippen MR) is 69.6 cm³/mol. The van der Waals surface area contributed by atoms with E-state index in [1.54, 1.807) is 6.20 Å². The lowest BCUT2D eigenvalue weighted by Crippen LogP contribution is -2.46. The highest BCUT2D eigenvalue weighted by Gasteiger charge is 2.13. The minimum absolute atomic E-state index is 0.989. The van der Waals surface area contributed by atoms with Crippen molar-refractivity contribution in [1.29, 1.82) is 0 Å². The van der Waals surface area contributed by atoms with Crippen molar-refractivity contribution < 1.29 is 0 Å². The highest BCUT2D eigenvalue weighted by molar-refractivity contribution is 4.70. The van der Waals surface area contributed by atoms with Gasteiger partial charge in [-0.15, -0.1) is 0 Å². The summed E-state index contributed by atoms with van der Waals surface area (Å²) in [7, 11) is 4.38. The Hall–Kier alpha value is -0.580. The molecule has 1 heterocycles. The fourth-order valence-corrected chi connectivity index (χ4v) is 1.85. The van der Waals surface area contributed by atoms with Gasteiger partial charge in [-0.2, -0.15) is 0 Å². The summed E-state index contributed by atoms with van der Waals surface area (Å²) in [5, 5.41) is 3.12. The quantitative estimate of drug-likeness (QED) is 0.612. The smallest absolute Gasteiger partial charge is 0.0269 e. The van der Waals surface area contributed by atoms with Gasteiger partial charge in [0, 0.05) is 52.4 Å². The average molecular weight is 226 g/mol. The van der Waals surface area contributed by atoms with E-state index in [9.17, 15) is 0 Å². The molecule has 1 aliphatic rings. The van der Waals surface area contributed by atoms with Crippen molar-refractivity contribution in [3.63, 3.8) is 0 Å². The van der Waals surface area contributed by atoms with Crippen LogP contribution in [-0.2, 0) is 0 Å². The second-order valence-corrected chi connectivity index (χ2v) is 4.61. The van der Waals surface area contributed by atoms with Gasteiger partial charge in [0.2, 0.25) is 0 Å². The van der Waals surface area contributed by atoms with Crippen LogP contribution in [0.15, 0.2) is 12.8 Å². The van der Waals surface area contributed by atoms with Crippen molar-refractivity contribution in [3.05, 3.63) is 12.8 Å². The van der Waals surface area contributed by atoms with Crippen LogP contribution in [0.2, 0.25) is 0 Å². The maximum atomic E-state index is 3.64. The van der Waals surface area contributed by atoms with E-state index in [2.05, 4.69) is 40.7 Å².